The Morgan fingerprint density at radius 3 is 2.47 bits per heavy atom. The summed E-state index contributed by atoms with van der Waals surface area (Å²) in [4.78, 5) is 0. The molecule has 6 rings (SSSR count). The van der Waals surface area contributed by atoms with Crippen LogP contribution < -0.4 is 0 Å². The minimum Gasteiger partial charge on any atom is -0.456 e. The molecule has 0 amide bonds. The lowest BCUT2D eigenvalue weighted by atomic mass is 9.94. The van der Waals surface area contributed by atoms with Crippen LogP contribution in [0.3, 0.4) is 0 Å². The zero-order chi connectivity index (χ0) is 20.1. The number of furan rings is 1. The number of hydrogen-bond acceptors (Lipinski definition) is 1. The second kappa shape index (κ2) is 7.00. The first-order valence-electron chi connectivity index (χ1n) is 10.3. The molecule has 5 aromatic rings. The molecular formula is C28H19BrO. The van der Waals surface area contributed by atoms with Crippen LogP contribution in [0.15, 0.2) is 99.9 Å². The second-order valence-electron chi connectivity index (χ2n) is 7.77. The molecule has 1 aliphatic carbocycles. The van der Waals surface area contributed by atoms with Crippen LogP contribution in [0.5, 0.6) is 0 Å². The van der Waals surface area contributed by atoms with E-state index in [0.717, 1.165) is 33.9 Å². The molecule has 1 nitrogen and oxygen atoms in total. The summed E-state index contributed by atoms with van der Waals surface area (Å²) in [5.41, 5.74) is 6.80. The van der Waals surface area contributed by atoms with Crippen LogP contribution in [0.4, 0.5) is 0 Å². The fraction of sp³-hybridized carbons (Fsp3) is 0.0714. The summed E-state index contributed by atoms with van der Waals surface area (Å²) in [6.07, 6.45) is 9.00. The Balaban J connectivity index is 1.62. The molecular weight excluding hydrogens is 432 g/mol. The molecule has 0 unspecified atom stereocenters. The Kier molecular flexibility index (Phi) is 4.14. The minimum atomic E-state index is 0.930. The molecule has 144 valence electrons. The van der Waals surface area contributed by atoms with E-state index in [0.29, 0.717) is 0 Å². The van der Waals surface area contributed by atoms with Gasteiger partial charge in [0.05, 0.1) is 0 Å². The molecule has 0 aliphatic heterocycles. The van der Waals surface area contributed by atoms with Gasteiger partial charge in [0.1, 0.15) is 11.2 Å². The number of rotatable bonds is 2. The fourth-order valence-corrected chi connectivity index (χ4v) is 5.03. The lowest BCUT2D eigenvalue weighted by Crippen LogP contribution is -1.86. The third-order valence-corrected chi connectivity index (χ3v) is 6.68. The van der Waals surface area contributed by atoms with Crippen molar-refractivity contribution in [2.75, 3.05) is 0 Å². The van der Waals surface area contributed by atoms with Gasteiger partial charge in [-0.3, -0.25) is 0 Å². The van der Waals surface area contributed by atoms with Crippen molar-refractivity contribution < 1.29 is 4.42 Å². The molecule has 0 N–H and O–H groups in total. The third-order valence-electron chi connectivity index (χ3n) is 5.99. The van der Waals surface area contributed by atoms with Gasteiger partial charge in [-0.05, 0) is 70.1 Å². The molecule has 0 spiro atoms. The first-order chi connectivity index (χ1) is 14.8. The van der Waals surface area contributed by atoms with Gasteiger partial charge in [0.15, 0.2) is 0 Å². The molecule has 0 saturated carbocycles. The van der Waals surface area contributed by atoms with Crippen LogP contribution in [-0.4, -0.2) is 0 Å². The van der Waals surface area contributed by atoms with E-state index in [1.54, 1.807) is 0 Å². The van der Waals surface area contributed by atoms with E-state index >= 15 is 0 Å². The second-order valence-corrected chi connectivity index (χ2v) is 8.63. The molecule has 0 fully saturated rings. The van der Waals surface area contributed by atoms with Gasteiger partial charge in [0.25, 0.3) is 0 Å². The standard InChI is InChI=1S/C28H19BrO/c29-25-16-15-21(20-9-4-5-10-22(20)25)23-11-6-12-26-28(23)24-14-13-19(17-27(24)30-26)18-7-2-1-3-8-18/h2,4-17H,1,3H2. The zero-order valence-corrected chi connectivity index (χ0v) is 17.9. The summed E-state index contributed by atoms with van der Waals surface area (Å²) < 4.78 is 7.44. The molecule has 1 heterocycles. The van der Waals surface area contributed by atoms with E-state index in [-0.39, 0.29) is 0 Å². The van der Waals surface area contributed by atoms with Crippen molar-refractivity contribution in [3.05, 3.63) is 101 Å². The minimum absolute atomic E-state index is 0.930. The summed E-state index contributed by atoms with van der Waals surface area (Å²) in [7, 11) is 0. The molecule has 30 heavy (non-hydrogen) atoms. The van der Waals surface area contributed by atoms with E-state index in [2.05, 4.69) is 107 Å². The number of allylic oxidation sites excluding steroid dienone is 4. The quantitative estimate of drug-likeness (QED) is 0.261. The monoisotopic (exact) mass is 450 g/mol. The van der Waals surface area contributed by atoms with Crippen molar-refractivity contribution in [2.45, 2.75) is 12.8 Å². The average molecular weight is 451 g/mol. The summed E-state index contributed by atoms with van der Waals surface area (Å²) >= 11 is 3.70. The highest BCUT2D eigenvalue weighted by Crippen LogP contribution is 2.41. The number of benzene rings is 4. The van der Waals surface area contributed by atoms with E-state index in [4.69, 9.17) is 4.42 Å². The Labute approximate surface area is 183 Å². The Hall–Kier alpha value is -3.10. The molecule has 1 aliphatic rings. The van der Waals surface area contributed by atoms with Crippen molar-refractivity contribution in [2.24, 2.45) is 0 Å². The summed E-state index contributed by atoms with van der Waals surface area (Å²) in [6, 6.07) is 25.8. The van der Waals surface area contributed by atoms with Crippen LogP contribution in [0.1, 0.15) is 18.4 Å². The maximum Gasteiger partial charge on any atom is 0.136 e. The Morgan fingerprint density at radius 1 is 0.700 bits per heavy atom. The lowest BCUT2D eigenvalue weighted by molar-refractivity contribution is 0.669. The maximum absolute atomic E-state index is 6.32. The summed E-state index contributed by atoms with van der Waals surface area (Å²) in [5.74, 6) is 0. The highest BCUT2D eigenvalue weighted by Gasteiger charge is 2.15. The van der Waals surface area contributed by atoms with Gasteiger partial charge >= 0.3 is 0 Å². The topological polar surface area (TPSA) is 13.1 Å². The van der Waals surface area contributed by atoms with Crippen molar-refractivity contribution in [1.29, 1.82) is 0 Å². The van der Waals surface area contributed by atoms with Crippen LogP contribution in [0, 0.1) is 0 Å². The van der Waals surface area contributed by atoms with Crippen molar-refractivity contribution in [3.63, 3.8) is 0 Å². The lowest BCUT2D eigenvalue weighted by Gasteiger charge is -2.10. The van der Waals surface area contributed by atoms with Gasteiger partial charge in [-0.2, -0.15) is 0 Å². The Morgan fingerprint density at radius 2 is 1.60 bits per heavy atom. The van der Waals surface area contributed by atoms with Crippen molar-refractivity contribution in [3.8, 4) is 11.1 Å². The number of halogens is 1. The number of hydrogen-bond donors (Lipinski definition) is 0. The van der Waals surface area contributed by atoms with Crippen LogP contribution in [0.2, 0.25) is 0 Å². The molecule has 0 bridgehead atoms. The average Bonchev–Trinajstić information content (AvgIpc) is 3.18. The van der Waals surface area contributed by atoms with Gasteiger partial charge in [-0.1, -0.05) is 82.7 Å². The first-order valence-corrected chi connectivity index (χ1v) is 11.1. The predicted octanol–water partition coefficient (Wildman–Crippen LogP) is 8.90. The van der Waals surface area contributed by atoms with Crippen molar-refractivity contribution >= 4 is 54.2 Å². The van der Waals surface area contributed by atoms with Crippen molar-refractivity contribution in [1.82, 2.24) is 0 Å². The van der Waals surface area contributed by atoms with Gasteiger partial charge in [-0.25, -0.2) is 0 Å². The fourth-order valence-electron chi connectivity index (χ4n) is 4.55. The van der Waals surface area contributed by atoms with E-state index < -0.39 is 0 Å². The van der Waals surface area contributed by atoms with Crippen LogP contribution in [0.25, 0.3) is 49.4 Å². The van der Waals surface area contributed by atoms with E-state index in [1.807, 2.05) is 0 Å². The third kappa shape index (κ3) is 2.75. The summed E-state index contributed by atoms with van der Waals surface area (Å²) in [5, 5.41) is 4.80. The van der Waals surface area contributed by atoms with Gasteiger partial charge < -0.3 is 4.42 Å². The van der Waals surface area contributed by atoms with Crippen LogP contribution in [-0.2, 0) is 0 Å². The molecule has 0 saturated heterocycles. The zero-order valence-electron chi connectivity index (χ0n) is 16.4. The van der Waals surface area contributed by atoms with E-state index in [1.165, 1.54) is 38.4 Å². The normalized spacial score (nSPS) is 14.0. The van der Waals surface area contributed by atoms with Gasteiger partial charge in [-0.15, -0.1) is 0 Å². The van der Waals surface area contributed by atoms with Crippen LogP contribution >= 0.6 is 15.9 Å². The van der Waals surface area contributed by atoms with Gasteiger partial charge in [0.2, 0.25) is 0 Å². The summed E-state index contributed by atoms with van der Waals surface area (Å²) in [6.45, 7) is 0. The molecule has 0 radical (unpaired) electrons. The highest BCUT2D eigenvalue weighted by atomic mass is 79.9. The number of fused-ring (bicyclic) bond motifs is 4. The van der Waals surface area contributed by atoms with E-state index in [9.17, 15) is 0 Å². The predicted molar refractivity (Wildman–Crippen MR) is 131 cm³/mol. The highest BCUT2D eigenvalue weighted by molar-refractivity contribution is 9.10. The largest absolute Gasteiger partial charge is 0.456 e. The SMILES string of the molecule is Brc1ccc(-c2cccc3oc4cc(C5=CCCC=C5)ccc4c23)c2ccccc12. The molecule has 1 aromatic heterocycles. The smallest absolute Gasteiger partial charge is 0.136 e. The van der Waals surface area contributed by atoms with Gasteiger partial charge in [0, 0.05) is 15.2 Å². The molecule has 4 aromatic carbocycles. The maximum atomic E-state index is 6.32. The molecule has 2 heteroatoms. The molecule has 0 atom stereocenters. The first kappa shape index (κ1) is 17.7. The Bertz CT molecular complexity index is 1500.